The molecule has 1 saturated heterocycles. The van der Waals surface area contributed by atoms with Crippen LogP contribution in [0.25, 0.3) is 22.6 Å². The summed E-state index contributed by atoms with van der Waals surface area (Å²) >= 11 is 12.2. The molecule has 8 nitrogen and oxygen atoms in total. The van der Waals surface area contributed by atoms with E-state index < -0.39 is 27.9 Å². The van der Waals surface area contributed by atoms with Gasteiger partial charge in [0.15, 0.2) is 5.58 Å². The molecule has 11 heteroatoms. The standard InChI is InChI=1S/C26H19Cl2N3O5S/c27-16-7-12-19(28)23(13-16)37(34,35)31(18-10-11-18)21-14-24(32)30(26(21)33)17-8-5-15(6-9-17)25-29-20-3-1-2-4-22(20)36-25/h1-9,12-13,18,21H,10-11,14H2. The van der Waals surface area contributed by atoms with Gasteiger partial charge in [-0.25, -0.2) is 18.3 Å². The van der Waals surface area contributed by atoms with Crippen molar-refractivity contribution in [2.45, 2.75) is 36.2 Å². The second-order valence-electron chi connectivity index (χ2n) is 8.96. The largest absolute Gasteiger partial charge is 0.436 e. The molecule has 0 radical (unpaired) electrons. The minimum atomic E-state index is -4.20. The third kappa shape index (κ3) is 4.21. The van der Waals surface area contributed by atoms with Crippen molar-refractivity contribution in [3.63, 3.8) is 0 Å². The number of sulfonamides is 1. The van der Waals surface area contributed by atoms with Gasteiger partial charge in [-0.2, -0.15) is 4.31 Å². The molecule has 2 fully saturated rings. The number of amides is 2. The highest BCUT2D eigenvalue weighted by Gasteiger charge is 2.52. The predicted molar refractivity (Wildman–Crippen MR) is 139 cm³/mol. The maximum Gasteiger partial charge on any atom is 0.252 e. The monoisotopic (exact) mass is 555 g/mol. The molecule has 2 heterocycles. The fraction of sp³-hybridized carbons (Fsp3) is 0.192. The zero-order valence-electron chi connectivity index (χ0n) is 19.2. The summed E-state index contributed by atoms with van der Waals surface area (Å²) in [5, 5.41) is 0.201. The summed E-state index contributed by atoms with van der Waals surface area (Å²) in [7, 11) is -4.20. The van der Waals surface area contributed by atoms with Crippen LogP contribution in [0.1, 0.15) is 19.3 Å². The van der Waals surface area contributed by atoms with Gasteiger partial charge in [-0.05, 0) is 67.4 Å². The van der Waals surface area contributed by atoms with Gasteiger partial charge in [0.1, 0.15) is 16.5 Å². The predicted octanol–water partition coefficient (Wildman–Crippen LogP) is 5.29. The van der Waals surface area contributed by atoms with Gasteiger partial charge in [-0.1, -0.05) is 35.3 Å². The lowest BCUT2D eigenvalue weighted by atomic mass is 10.2. The first-order valence-electron chi connectivity index (χ1n) is 11.6. The van der Waals surface area contributed by atoms with Crippen LogP contribution in [0.5, 0.6) is 0 Å². The smallest absolute Gasteiger partial charge is 0.252 e. The van der Waals surface area contributed by atoms with E-state index in [-0.39, 0.29) is 27.4 Å². The van der Waals surface area contributed by atoms with Crippen LogP contribution in [0.3, 0.4) is 0 Å². The molecule has 3 aromatic carbocycles. The van der Waals surface area contributed by atoms with Crippen LogP contribution in [0.2, 0.25) is 10.0 Å². The summed E-state index contributed by atoms with van der Waals surface area (Å²) in [5.41, 5.74) is 2.38. The molecule has 2 amide bonds. The summed E-state index contributed by atoms with van der Waals surface area (Å²) < 4.78 is 34.2. The summed E-state index contributed by atoms with van der Waals surface area (Å²) in [5.74, 6) is -0.676. The number of nitrogens with zero attached hydrogens (tertiary/aromatic N) is 3. The Morgan fingerprint density at radius 2 is 1.70 bits per heavy atom. The van der Waals surface area contributed by atoms with Gasteiger partial charge in [0.25, 0.3) is 5.91 Å². The second kappa shape index (κ2) is 8.95. The molecule has 1 saturated carbocycles. The van der Waals surface area contributed by atoms with E-state index in [0.29, 0.717) is 35.6 Å². The number of hydrogen-bond donors (Lipinski definition) is 0. The summed E-state index contributed by atoms with van der Waals surface area (Å²) in [6.07, 6.45) is 0.919. The number of hydrogen-bond acceptors (Lipinski definition) is 6. The quantitative estimate of drug-likeness (QED) is 0.300. The third-order valence-corrected chi connectivity index (χ3v) is 9.13. The zero-order valence-corrected chi connectivity index (χ0v) is 21.5. The topological polar surface area (TPSA) is 101 Å². The minimum Gasteiger partial charge on any atom is -0.436 e. The molecule has 1 aliphatic heterocycles. The lowest BCUT2D eigenvalue weighted by Crippen LogP contribution is -2.46. The Balaban J connectivity index is 1.30. The number of carbonyl (C=O) groups excluding carboxylic acids is 2. The first-order chi connectivity index (χ1) is 17.7. The first kappa shape index (κ1) is 24.1. The van der Waals surface area contributed by atoms with Gasteiger partial charge in [0, 0.05) is 16.6 Å². The van der Waals surface area contributed by atoms with Crippen LogP contribution >= 0.6 is 23.2 Å². The number of para-hydroxylation sites is 2. The van der Waals surface area contributed by atoms with Crippen LogP contribution < -0.4 is 4.90 Å². The molecule has 1 atom stereocenters. The van der Waals surface area contributed by atoms with E-state index >= 15 is 0 Å². The van der Waals surface area contributed by atoms with Gasteiger partial charge in [0.2, 0.25) is 21.8 Å². The molecule has 0 spiro atoms. The summed E-state index contributed by atoms with van der Waals surface area (Å²) in [6, 6.07) is 16.6. The number of halogens is 2. The van der Waals surface area contributed by atoms with E-state index in [2.05, 4.69) is 4.98 Å². The van der Waals surface area contributed by atoms with E-state index in [9.17, 15) is 18.0 Å². The Labute approximate surface area is 222 Å². The van der Waals surface area contributed by atoms with Crippen LogP contribution in [-0.4, -0.2) is 41.6 Å². The summed E-state index contributed by atoms with van der Waals surface area (Å²) in [6.45, 7) is 0. The van der Waals surface area contributed by atoms with Crippen LogP contribution in [0.4, 0.5) is 5.69 Å². The molecule has 4 aromatic rings. The van der Waals surface area contributed by atoms with Crippen molar-refractivity contribution in [2.75, 3.05) is 4.90 Å². The first-order valence-corrected chi connectivity index (χ1v) is 13.7. The molecule has 1 aromatic heterocycles. The van der Waals surface area contributed by atoms with E-state index in [1.54, 1.807) is 24.3 Å². The molecule has 0 N–H and O–H groups in total. The molecular formula is C26H19Cl2N3O5S. The van der Waals surface area contributed by atoms with Crippen molar-refractivity contribution in [3.8, 4) is 11.5 Å². The molecule has 0 bridgehead atoms. The average Bonchev–Trinajstić information content (AvgIpc) is 3.53. The molecule has 1 aliphatic carbocycles. The number of aromatic nitrogens is 1. The molecule has 6 rings (SSSR count). The minimum absolute atomic E-state index is 0.00142. The third-order valence-electron chi connectivity index (χ3n) is 6.45. The Bertz CT molecular complexity index is 1630. The van der Waals surface area contributed by atoms with E-state index in [4.69, 9.17) is 27.6 Å². The maximum absolute atomic E-state index is 13.6. The molecule has 188 valence electrons. The SMILES string of the molecule is O=C1CC(N(C2CC2)S(=O)(=O)c2cc(Cl)ccc2Cl)C(=O)N1c1ccc(-c2nc3ccccc3o2)cc1. The van der Waals surface area contributed by atoms with Crippen molar-refractivity contribution in [2.24, 2.45) is 0 Å². The lowest BCUT2D eigenvalue weighted by molar-refractivity contribution is -0.122. The highest BCUT2D eigenvalue weighted by Crippen LogP contribution is 2.40. The van der Waals surface area contributed by atoms with E-state index in [1.807, 2.05) is 24.3 Å². The van der Waals surface area contributed by atoms with Gasteiger partial charge >= 0.3 is 0 Å². The number of rotatable bonds is 6. The highest BCUT2D eigenvalue weighted by atomic mass is 35.5. The Morgan fingerprint density at radius 1 is 0.973 bits per heavy atom. The number of benzene rings is 3. The van der Waals surface area contributed by atoms with Gasteiger partial charge in [0.05, 0.1) is 17.1 Å². The number of anilines is 1. The average molecular weight is 556 g/mol. The second-order valence-corrected chi connectivity index (χ2v) is 11.6. The number of fused-ring (bicyclic) bond motifs is 1. The Morgan fingerprint density at radius 3 is 2.41 bits per heavy atom. The van der Waals surface area contributed by atoms with Crippen molar-refractivity contribution < 1.29 is 22.4 Å². The number of oxazole rings is 1. The van der Waals surface area contributed by atoms with Crippen molar-refractivity contribution in [1.29, 1.82) is 0 Å². The number of imide groups is 1. The molecule has 1 unspecified atom stereocenters. The van der Waals surface area contributed by atoms with Gasteiger partial charge in [-0.3, -0.25) is 9.59 Å². The molecule has 37 heavy (non-hydrogen) atoms. The van der Waals surface area contributed by atoms with Gasteiger partial charge in [-0.15, -0.1) is 0 Å². The normalized spacial score (nSPS) is 18.4. The number of carbonyl (C=O) groups is 2. The molecule has 2 aliphatic rings. The van der Waals surface area contributed by atoms with E-state index in [1.165, 1.54) is 18.2 Å². The fourth-order valence-electron chi connectivity index (χ4n) is 4.57. The van der Waals surface area contributed by atoms with Crippen LogP contribution in [-0.2, 0) is 19.6 Å². The lowest BCUT2D eigenvalue weighted by Gasteiger charge is -2.27. The summed E-state index contributed by atoms with van der Waals surface area (Å²) in [4.78, 5) is 31.8. The van der Waals surface area contributed by atoms with Crippen molar-refractivity contribution >= 4 is 61.8 Å². The zero-order chi connectivity index (χ0) is 25.9. The highest BCUT2D eigenvalue weighted by molar-refractivity contribution is 7.89. The van der Waals surface area contributed by atoms with Crippen molar-refractivity contribution in [1.82, 2.24) is 9.29 Å². The Kier molecular flexibility index (Phi) is 5.83. The Hall–Kier alpha value is -3.24. The van der Waals surface area contributed by atoms with Crippen LogP contribution in [0.15, 0.2) is 76.0 Å². The fourth-order valence-corrected chi connectivity index (χ4v) is 7.14. The molecular weight excluding hydrogens is 537 g/mol. The maximum atomic E-state index is 13.6. The van der Waals surface area contributed by atoms with E-state index in [0.717, 1.165) is 14.7 Å². The van der Waals surface area contributed by atoms with Crippen molar-refractivity contribution in [3.05, 3.63) is 76.8 Å². The van der Waals surface area contributed by atoms with Crippen LogP contribution in [0, 0.1) is 0 Å². The van der Waals surface area contributed by atoms with Gasteiger partial charge < -0.3 is 4.42 Å².